The molecule has 0 atom stereocenters. The van der Waals surface area contributed by atoms with Crippen molar-refractivity contribution in [3.63, 3.8) is 0 Å². The Morgan fingerprint density at radius 2 is 1.58 bits per heavy atom. The summed E-state index contributed by atoms with van der Waals surface area (Å²) in [6, 6.07) is 15.5. The summed E-state index contributed by atoms with van der Waals surface area (Å²) in [4.78, 5) is 14.4. The first-order valence-corrected chi connectivity index (χ1v) is 8.90. The van der Waals surface area contributed by atoms with Gasteiger partial charge in [-0.1, -0.05) is 24.0 Å². The number of carbonyl (C=O) groups is 1. The molecule has 0 saturated carbocycles. The number of anilines is 1. The van der Waals surface area contributed by atoms with Gasteiger partial charge in [0.2, 0.25) is 0 Å². The zero-order valence-electron chi connectivity index (χ0n) is 15.0. The van der Waals surface area contributed by atoms with E-state index in [1.54, 1.807) is 6.92 Å². The fraction of sp³-hybridized carbons (Fsp3) is 0.261. The maximum atomic E-state index is 12.0. The Labute approximate surface area is 155 Å². The van der Waals surface area contributed by atoms with Gasteiger partial charge in [-0.15, -0.1) is 5.92 Å². The van der Waals surface area contributed by atoms with Gasteiger partial charge in [0, 0.05) is 29.3 Å². The molecule has 0 radical (unpaired) electrons. The summed E-state index contributed by atoms with van der Waals surface area (Å²) >= 11 is 0. The summed E-state index contributed by atoms with van der Waals surface area (Å²) in [6.07, 6.45) is 2.60. The smallest absolute Gasteiger partial charge is 0.300 e. The van der Waals surface area contributed by atoms with Crippen LogP contribution in [0.3, 0.4) is 0 Å². The Bertz CT molecular complexity index is 868. The third kappa shape index (κ3) is 5.24. The van der Waals surface area contributed by atoms with Gasteiger partial charge in [0.15, 0.2) is 0 Å². The van der Waals surface area contributed by atoms with Crippen molar-refractivity contribution in [3.05, 3.63) is 65.2 Å². The van der Waals surface area contributed by atoms with Crippen LogP contribution in [0, 0.1) is 23.7 Å². The van der Waals surface area contributed by atoms with Crippen LogP contribution >= 0.6 is 0 Å². The van der Waals surface area contributed by atoms with E-state index in [4.69, 9.17) is 0 Å². The van der Waals surface area contributed by atoms with Crippen LogP contribution in [-0.2, 0) is 11.3 Å². The van der Waals surface area contributed by atoms with Gasteiger partial charge in [-0.2, -0.15) is 0 Å². The molecule has 1 fully saturated rings. The van der Waals surface area contributed by atoms with Crippen molar-refractivity contribution >= 4 is 11.6 Å². The minimum Gasteiger partial charge on any atom is -0.315 e. The maximum absolute atomic E-state index is 12.0. The molecule has 26 heavy (non-hydrogen) atoms. The van der Waals surface area contributed by atoms with Gasteiger partial charge in [0.05, 0.1) is 0 Å². The van der Waals surface area contributed by atoms with Crippen molar-refractivity contribution in [1.82, 2.24) is 4.90 Å². The topological polar surface area (TPSA) is 32.3 Å². The number of benzene rings is 2. The van der Waals surface area contributed by atoms with Gasteiger partial charge in [0.25, 0.3) is 0 Å². The molecule has 3 nitrogen and oxygen atoms in total. The van der Waals surface area contributed by atoms with Crippen LogP contribution in [-0.4, -0.2) is 23.9 Å². The lowest BCUT2D eigenvalue weighted by Gasteiger charge is -2.14. The second kappa shape index (κ2) is 8.90. The molecular weight excluding hydrogens is 320 g/mol. The lowest BCUT2D eigenvalue weighted by Crippen LogP contribution is -2.18. The molecule has 0 spiro atoms. The molecule has 0 aliphatic carbocycles. The number of carbonyl (C=O) groups excluding carboxylic acids is 1. The van der Waals surface area contributed by atoms with Crippen LogP contribution in [0.4, 0.5) is 5.69 Å². The van der Waals surface area contributed by atoms with Crippen molar-refractivity contribution in [2.75, 3.05) is 18.4 Å². The number of nitrogens with zero attached hydrogens (tertiary/aromatic N) is 1. The van der Waals surface area contributed by atoms with E-state index >= 15 is 0 Å². The molecule has 0 bridgehead atoms. The van der Waals surface area contributed by atoms with Crippen molar-refractivity contribution in [1.29, 1.82) is 0 Å². The lowest BCUT2D eigenvalue weighted by atomic mass is 10.1. The largest absolute Gasteiger partial charge is 0.315 e. The molecule has 3 rings (SSSR count). The summed E-state index contributed by atoms with van der Waals surface area (Å²) in [5, 5.41) is 2.77. The fourth-order valence-electron chi connectivity index (χ4n) is 2.96. The zero-order valence-corrected chi connectivity index (χ0v) is 15.0. The van der Waals surface area contributed by atoms with Gasteiger partial charge in [-0.3, -0.25) is 9.69 Å². The van der Waals surface area contributed by atoms with Crippen LogP contribution in [0.15, 0.2) is 48.5 Å². The van der Waals surface area contributed by atoms with E-state index in [0.29, 0.717) is 5.69 Å². The Morgan fingerprint density at radius 3 is 2.23 bits per heavy atom. The third-order valence-electron chi connectivity index (χ3n) is 4.29. The predicted octanol–water partition coefficient (Wildman–Crippen LogP) is 3.64. The van der Waals surface area contributed by atoms with Gasteiger partial charge >= 0.3 is 5.91 Å². The van der Waals surface area contributed by atoms with Crippen LogP contribution < -0.4 is 5.32 Å². The number of nitrogens with one attached hydrogen (secondary N) is 1. The highest BCUT2D eigenvalue weighted by Crippen LogP contribution is 2.13. The quantitative estimate of drug-likeness (QED) is 0.864. The van der Waals surface area contributed by atoms with Gasteiger partial charge in [-0.05, 0) is 74.8 Å². The van der Waals surface area contributed by atoms with E-state index in [-0.39, 0.29) is 5.91 Å². The summed E-state index contributed by atoms with van der Waals surface area (Å²) in [6.45, 7) is 5.16. The van der Waals surface area contributed by atoms with E-state index < -0.39 is 0 Å². The van der Waals surface area contributed by atoms with E-state index in [1.165, 1.54) is 31.5 Å². The van der Waals surface area contributed by atoms with E-state index in [1.807, 2.05) is 36.4 Å². The molecule has 3 heteroatoms. The molecule has 130 valence electrons. The minimum absolute atomic E-state index is 0.319. The summed E-state index contributed by atoms with van der Waals surface area (Å²) in [7, 11) is 0. The van der Waals surface area contributed by atoms with Gasteiger partial charge in [0.1, 0.15) is 0 Å². The molecular formula is C23H22N2O. The zero-order chi connectivity index (χ0) is 18.2. The van der Waals surface area contributed by atoms with Crippen LogP contribution in [0.1, 0.15) is 36.5 Å². The molecule has 1 heterocycles. The molecule has 0 unspecified atom stereocenters. The SMILES string of the molecule is CC#Cc1ccc(NC(=O)C#Cc2ccc(CN3CCCC3)cc2)cc1. The first-order valence-electron chi connectivity index (χ1n) is 8.90. The number of likely N-dealkylation sites (tertiary alicyclic amines) is 1. The Balaban J connectivity index is 1.55. The second-order valence-electron chi connectivity index (χ2n) is 6.34. The third-order valence-corrected chi connectivity index (χ3v) is 4.29. The molecule has 1 aliphatic rings. The summed E-state index contributed by atoms with van der Waals surface area (Å²) < 4.78 is 0. The molecule has 0 aromatic heterocycles. The standard InChI is InChI=1S/C23H22N2O/c1-2-5-19-10-13-22(14-11-19)24-23(26)15-12-20-6-8-21(9-7-20)18-25-16-3-4-17-25/h6-11,13-14H,3-4,16-18H2,1H3,(H,24,26). The summed E-state index contributed by atoms with van der Waals surface area (Å²) in [5.41, 5.74) is 3.77. The Morgan fingerprint density at radius 1 is 0.962 bits per heavy atom. The lowest BCUT2D eigenvalue weighted by molar-refractivity contribution is -0.111. The molecule has 1 amide bonds. The number of hydrogen-bond acceptors (Lipinski definition) is 2. The number of amides is 1. The monoisotopic (exact) mass is 342 g/mol. The van der Waals surface area contributed by atoms with E-state index in [2.05, 4.69) is 46.0 Å². The van der Waals surface area contributed by atoms with Crippen molar-refractivity contribution in [3.8, 4) is 23.7 Å². The van der Waals surface area contributed by atoms with E-state index in [9.17, 15) is 4.79 Å². The van der Waals surface area contributed by atoms with Crippen molar-refractivity contribution in [2.45, 2.75) is 26.3 Å². The Hall–Kier alpha value is -3.01. The molecule has 1 aliphatic heterocycles. The molecule has 1 N–H and O–H groups in total. The highest BCUT2D eigenvalue weighted by atomic mass is 16.1. The Kier molecular flexibility index (Phi) is 6.09. The number of hydrogen-bond donors (Lipinski definition) is 1. The van der Waals surface area contributed by atoms with E-state index in [0.717, 1.165) is 17.7 Å². The van der Waals surface area contributed by atoms with Gasteiger partial charge in [-0.25, -0.2) is 0 Å². The highest BCUT2D eigenvalue weighted by molar-refractivity contribution is 6.04. The highest BCUT2D eigenvalue weighted by Gasteiger charge is 2.11. The van der Waals surface area contributed by atoms with Gasteiger partial charge < -0.3 is 5.32 Å². The summed E-state index contributed by atoms with van der Waals surface area (Å²) in [5.74, 6) is 11.1. The van der Waals surface area contributed by atoms with Crippen molar-refractivity contribution < 1.29 is 4.79 Å². The molecule has 2 aromatic rings. The molecule has 1 saturated heterocycles. The average molecular weight is 342 g/mol. The first kappa shape index (κ1) is 17.8. The second-order valence-corrected chi connectivity index (χ2v) is 6.34. The molecule has 2 aromatic carbocycles. The van der Waals surface area contributed by atoms with Crippen LogP contribution in [0.2, 0.25) is 0 Å². The maximum Gasteiger partial charge on any atom is 0.300 e. The predicted molar refractivity (Wildman–Crippen MR) is 105 cm³/mol. The van der Waals surface area contributed by atoms with Crippen LogP contribution in [0.25, 0.3) is 0 Å². The van der Waals surface area contributed by atoms with Crippen molar-refractivity contribution in [2.24, 2.45) is 0 Å². The van der Waals surface area contributed by atoms with Crippen LogP contribution in [0.5, 0.6) is 0 Å². The first-order chi connectivity index (χ1) is 12.7. The fourth-order valence-corrected chi connectivity index (χ4v) is 2.96. The number of rotatable bonds is 3. The minimum atomic E-state index is -0.319. The normalized spacial score (nSPS) is 13.3. The average Bonchev–Trinajstić information content (AvgIpc) is 3.16.